The number of piperazine rings is 1. The zero-order chi connectivity index (χ0) is 26.2. The lowest BCUT2D eigenvalue weighted by atomic mass is 10.2. The fourth-order valence-electron chi connectivity index (χ4n) is 3.85. The van der Waals surface area contributed by atoms with Gasteiger partial charge in [-0.3, -0.25) is 4.79 Å². The summed E-state index contributed by atoms with van der Waals surface area (Å²) in [5.74, 6) is -0.307. The molecule has 2 aromatic rings. The van der Waals surface area contributed by atoms with Crippen molar-refractivity contribution in [3.05, 3.63) is 24.3 Å². The van der Waals surface area contributed by atoms with E-state index in [2.05, 4.69) is 9.97 Å². The molecule has 1 aromatic carbocycles. The molecular formula is C23H29N5O8. The third-order valence-corrected chi connectivity index (χ3v) is 5.67. The van der Waals surface area contributed by atoms with Gasteiger partial charge < -0.3 is 40.0 Å². The van der Waals surface area contributed by atoms with Gasteiger partial charge in [0.15, 0.2) is 11.5 Å². The topological polar surface area (TPSA) is 178 Å². The van der Waals surface area contributed by atoms with Gasteiger partial charge in [0.1, 0.15) is 11.9 Å². The van der Waals surface area contributed by atoms with Crippen LogP contribution in [-0.4, -0.2) is 96.0 Å². The van der Waals surface area contributed by atoms with Crippen molar-refractivity contribution in [3.8, 4) is 11.5 Å². The summed E-state index contributed by atoms with van der Waals surface area (Å²) in [6.45, 7) is 3.21. The summed E-state index contributed by atoms with van der Waals surface area (Å²) in [7, 11) is 3.16. The number of aliphatic carboxylic acids is 2. The van der Waals surface area contributed by atoms with Gasteiger partial charge in [-0.2, -0.15) is 4.98 Å². The van der Waals surface area contributed by atoms with E-state index in [1.807, 2.05) is 9.80 Å². The third kappa shape index (κ3) is 6.50. The molecule has 1 atom stereocenters. The molecular weight excluding hydrogens is 474 g/mol. The SMILES string of the molecule is COc1cc2nc(N3CCN(C(=O)C4CCCO4)CC3)nc(N)c2cc1OC.O=C(O)/C=C\C(=O)O. The van der Waals surface area contributed by atoms with Crippen molar-refractivity contribution in [2.75, 3.05) is 57.6 Å². The largest absolute Gasteiger partial charge is 0.493 e. The van der Waals surface area contributed by atoms with Crippen molar-refractivity contribution in [3.63, 3.8) is 0 Å². The number of carboxylic acids is 2. The Bertz CT molecular complexity index is 1130. The molecule has 13 nitrogen and oxygen atoms in total. The summed E-state index contributed by atoms with van der Waals surface area (Å²) in [5.41, 5.74) is 6.87. The van der Waals surface area contributed by atoms with Crippen LogP contribution in [0.5, 0.6) is 11.5 Å². The highest BCUT2D eigenvalue weighted by Gasteiger charge is 2.31. The molecule has 194 valence electrons. The number of rotatable bonds is 6. The molecule has 2 fully saturated rings. The molecule has 1 unspecified atom stereocenters. The molecule has 0 radical (unpaired) electrons. The molecule has 4 rings (SSSR count). The minimum absolute atomic E-state index is 0.0907. The predicted molar refractivity (Wildman–Crippen MR) is 129 cm³/mol. The lowest BCUT2D eigenvalue weighted by Gasteiger charge is -2.35. The number of nitrogens with zero attached hydrogens (tertiary/aromatic N) is 4. The van der Waals surface area contributed by atoms with E-state index >= 15 is 0 Å². The second kappa shape index (κ2) is 12.0. The Kier molecular flexibility index (Phi) is 8.84. The Morgan fingerprint density at radius 3 is 2.17 bits per heavy atom. The van der Waals surface area contributed by atoms with Crippen molar-refractivity contribution in [2.45, 2.75) is 18.9 Å². The average molecular weight is 504 g/mol. The van der Waals surface area contributed by atoms with Crippen molar-refractivity contribution in [1.82, 2.24) is 14.9 Å². The Morgan fingerprint density at radius 1 is 1.03 bits per heavy atom. The van der Waals surface area contributed by atoms with Gasteiger partial charge in [-0.1, -0.05) is 0 Å². The molecule has 2 aliphatic rings. The van der Waals surface area contributed by atoms with Gasteiger partial charge in [-0.05, 0) is 18.9 Å². The van der Waals surface area contributed by atoms with Crippen LogP contribution in [0.3, 0.4) is 0 Å². The summed E-state index contributed by atoms with van der Waals surface area (Å²) in [6, 6.07) is 3.58. The first-order chi connectivity index (χ1) is 17.2. The smallest absolute Gasteiger partial charge is 0.328 e. The van der Waals surface area contributed by atoms with Crippen LogP contribution in [0, 0.1) is 0 Å². The van der Waals surface area contributed by atoms with Gasteiger partial charge in [0.05, 0.1) is 19.7 Å². The number of hydrogen-bond donors (Lipinski definition) is 3. The van der Waals surface area contributed by atoms with E-state index in [4.69, 9.17) is 30.2 Å². The zero-order valence-electron chi connectivity index (χ0n) is 20.0. The van der Waals surface area contributed by atoms with Gasteiger partial charge in [-0.25, -0.2) is 14.6 Å². The second-order valence-corrected chi connectivity index (χ2v) is 7.96. The molecule has 4 N–H and O–H groups in total. The molecule has 0 aliphatic carbocycles. The minimum atomic E-state index is -1.26. The first-order valence-electron chi connectivity index (χ1n) is 11.2. The molecule has 0 bridgehead atoms. The lowest BCUT2D eigenvalue weighted by Crippen LogP contribution is -2.51. The van der Waals surface area contributed by atoms with Gasteiger partial charge >= 0.3 is 11.9 Å². The van der Waals surface area contributed by atoms with Crippen molar-refractivity contribution in [2.24, 2.45) is 0 Å². The number of carbonyl (C=O) groups excluding carboxylic acids is 1. The summed E-state index contributed by atoms with van der Waals surface area (Å²) in [5, 5.41) is 16.3. The molecule has 2 aliphatic heterocycles. The maximum Gasteiger partial charge on any atom is 0.328 e. The molecule has 36 heavy (non-hydrogen) atoms. The molecule has 0 saturated carbocycles. The Morgan fingerprint density at radius 2 is 1.64 bits per heavy atom. The number of methoxy groups -OCH3 is 2. The van der Waals surface area contributed by atoms with E-state index in [1.54, 1.807) is 26.4 Å². The van der Waals surface area contributed by atoms with Crippen molar-refractivity contribution in [1.29, 1.82) is 0 Å². The van der Waals surface area contributed by atoms with Gasteiger partial charge in [0.25, 0.3) is 5.91 Å². The standard InChI is InChI=1S/C19H25N5O4.C4H4O4/c1-26-15-10-12-13(11-16(15)27-2)21-19(22-17(12)20)24-7-5-23(6-8-24)18(25)14-4-3-9-28-14;5-3(6)1-2-4(7)8/h10-11,14H,3-9H2,1-2H3,(H2,20,21,22);1-2H,(H,5,6)(H,7,8)/b;2-1-. The molecule has 1 amide bonds. The quantitative estimate of drug-likeness (QED) is 0.472. The lowest BCUT2D eigenvalue weighted by molar-refractivity contribution is -0.141. The molecule has 2 saturated heterocycles. The first kappa shape index (κ1) is 26.5. The number of carboxylic acid groups (broad SMARTS) is 2. The van der Waals surface area contributed by atoms with E-state index in [-0.39, 0.29) is 12.0 Å². The normalized spacial score (nSPS) is 17.6. The number of ether oxygens (including phenoxy) is 3. The van der Waals surface area contributed by atoms with Crippen molar-refractivity contribution < 1.29 is 38.8 Å². The van der Waals surface area contributed by atoms with Crippen LogP contribution in [0.25, 0.3) is 10.9 Å². The summed E-state index contributed by atoms with van der Waals surface area (Å²) in [6.07, 6.45) is 2.61. The Balaban J connectivity index is 0.000000392. The van der Waals surface area contributed by atoms with Gasteiger partial charge in [0, 0.05) is 56.4 Å². The van der Waals surface area contributed by atoms with Crippen LogP contribution in [0.15, 0.2) is 24.3 Å². The van der Waals surface area contributed by atoms with Gasteiger partial charge in [0.2, 0.25) is 5.95 Å². The summed E-state index contributed by atoms with van der Waals surface area (Å²) < 4.78 is 16.2. The van der Waals surface area contributed by atoms with Crippen LogP contribution < -0.4 is 20.1 Å². The van der Waals surface area contributed by atoms with E-state index < -0.39 is 11.9 Å². The number of nitrogen functional groups attached to an aromatic ring is 1. The number of nitrogens with two attached hydrogens (primary N) is 1. The van der Waals surface area contributed by atoms with Crippen LogP contribution >= 0.6 is 0 Å². The molecule has 3 heterocycles. The number of anilines is 2. The van der Waals surface area contributed by atoms with Crippen LogP contribution in [0.1, 0.15) is 12.8 Å². The maximum atomic E-state index is 12.5. The monoisotopic (exact) mass is 503 g/mol. The Hall–Kier alpha value is -4.13. The number of aromatic nitrogens is 2. The highest BCUT2D eigenvalue weighted by atomic mass is 16.5. The van der Waals surface area contributed by atoms with Crippen LogP contribution in [0.4, 0.5) is 11.8 Å². The van der Waals surface area contributed by atoms with Crippen LogP contribution in [0.2, 0.25) is 0 Å². The fraction of sp³-hybridized carbons (Fsp3) is 0.435. The summed E-state index contributed by atoms with van der Waals surface area (Å²) >= 11 is 0. The molecule has 13 heteroatoms. The number of hydrogen-bond acceptors (Lipinski definition) is 10. The highest BCUT2D eigenvalue weighted by Crippen LogP contribution is 2.34. The average Bonchev–Trinajstić information content (AvgIpc) is 3.42. The minimum Gasteiger partial charge on any atom is -0.493 e. The molecule has 0 spiro atoms. The molecule has 1 aromatic heterocycles. The van der Waals surface area contributed by atoms with E-state index in [1.165, 1.54) is 0 Å². The van der Waals surface area contributed by atoms with E-state index in [0.29, 0.717) is 79.1 Å². The maximum absolute atomic E-state index is 12.5. The van der Waals surface area contributed by atoms with Gasteiger partial charge in [-0.15, -0.1) is 0 Å². The number of fused-ring (bicyclic) bond motifs is 1. The Labute approximate surface area is 207 Å². The number of amides is 1. The third-order valence-electron chi connectivity index (χ3n) is 5.67. The number of carbonyl (C=O) groups is 3. The highest BCUT2D eigenvalue weighted by molar-refractivity contribution is 5.92. The van der Waals surface area contributed by atoms with E-state index in [9.17, 15) is 14.4 Å². The van der Waals surface area contributed by atoms with Crippen LogP contribution in [-0.2, 0) is 19.1 Å². The number of benzene rings is 1. The predicted octanol–water partition coefficient (Wildman–Crippen LogP) is 0.769. The van der Waals surface area contributed by atoms with Crippen molar-refractivity contribution >= 4 is 40.5 Å². The van der Waals surface area contributed by atoms with E-state index in [0.717, 1.165) is 12.8 Å². The first-order valence-corrected chi connectivity index (χ1v) is 11.2. The zero-order valence-corrected chi connectivity index (χ0v) is 20.0. The summed E-state index contributed by atoms with van der Waals surface area (Å²) in [4.78, 5) is 44.7. The second-order valence-electron chi connectivity index (χ2n) is 7.96. The fourth-order valence-corrected chi connectivity index (χ4v) is 3.85.